The van der Waals surface area contributed by atoms with Gasteiger partial charge in [-0.15, -0.1) is 0 Å². The number of hydrogen-bond donors (Lipinski definition) is 1. The number of aryl methyl sites for hydroxylation is 1. The molecule has 1 atom stereocenters. The molecule has 5 heteroatoms. The molecule has 1 N–H and O–H groups in total. The molecule has 0 saturated carbocycles. The number of amides is 1. The molecule has 13 heavy (non-hydrogen) atoms. The van der Waals surface area contributed by atoms with Crippen LogP contribution in [-0.4, -0.2) is 11.1 Å². The van der Waals surface area contributed by atoms with Crippen molar-refractivity contribution < 1.29 is 9.32 Å². The summed E-state index contributed by atoms with van der Waals surface area (Å²) in [6, 6.07) is 1.83. The van der Waals surface area contributed by atoms with Gasteiger partial charge in [-0.3, -0.25) is 4.79 Å². The summed E-state index contributed by atoms with van der Waals surface area (Å²) in [5.74, 6) is -0.499. The van der Waals surface area contributed by atoms with Crippen molar-refractivity contribution in [1.29, 1.82) is 5.26 Å². The molecule has 1 unspecified atom stereocenters. The summed E-state index contributed by atoms with van der Waals surface area (Å²) in [4.78, 5) is 11.2. The molecule has 1 amide bonds. The van der Waals surface area contributed by atoms with E-state index in [4.69, 9.17) is 9.78 Å². The van der Waals surface area contributed by atoms with Gasteiger partial charge in [-0.1, -0.05) is 5.16 Å². The highest BCUT2D eigenvalue weighted by Gasteiger charge is 2.13. The Labute approximate surface area is 75.3 Å². The van der Waals surface area contributed by atoms with Crippen molar-refractivity contribution in [3.05, 3.63) is 12.0 Å². The number of hydrogen-bond acceptors (Lipinski definition) is 4. The Morgan fingerprint density at radius 3 is 3.00 bits per heavy atom. The first-order valence-electron chi connectivity index (χ1n) is 3.77. The number of anilines is 1. The fraction of sp³-hybridized carbons (Fsp3) is 0.375. The molecule has 0 fully saturated rings. The Bertz CT molecular complexity index is 351. The first-order valence-corrected chi connectivity index (χ1v) is 3.77. The van der Waals surface area contributed by atoms with Gasteiger partial charge in [0.15, 0.2) is 5.76 Å². The van der Waals surface area contributed by atoms with Crippen LogP contribution in [0.4, 0.5) is 5.69 Å². The normalized spacial score (nSPS) is 11.8. The zero-order valence-electron chi connectivity index (χ0n) is 7.37. The molecular formula is C8H9N3O2. The van der Waals surface area contributed by atoms with Crippen LogP contribution in [-0.2, 0) is 4.79 Å². The minimum absolute atomic E-state index is 0.353. The van der Waals surface area contributed by atoms with E-state index in [1.54, 1.807) is 6.92 Å². The quantitative estimate of drug-likeness (QED) is 0.736. The topological polar surface area (TPSA) is 78.9 Å². The molecule has 0 radical (unpaired) electrons. The molecule has 0 aliphatic carbocycles. The highest BCUT2D eigenvalue weighted by molar-refractivity contribution is 5.94. The highest BCUT2D eigenvalue weighted by Crippen LogP contribution is 2.13. The predicted octanol–water partition coefficient (Wildman–Crippen LogP) is 1.08. The second-order valence-electron chi connectivity index (χ2n) is 2.64. The lowest BCUT2D eigenvalue weighted by molar-refractivity contribution is -0.117. The van der Waals surface area contributed by atoms with Gasteiger partial charge < -0.3 is 9.84 Å². The van der Waals surface area contributed by atoms with E-state index in [0.717, 1.165) is 0 Å². The van der Waals surface area contributed by atoms with E-state index in [9.17, 15) is 4.79 Å². The monoisotopic (exact) mass is 179 g/mol. The van der Waals surface area contributed by atoms with Crippen LogP contribution in [0.5, 0.6) is 0 Å². The third-order valence-corrected chi connectivity index (χ3v) is 1.60. The summed E-state index contributed by atoms with van der Waals surface area (Å²) in [5.41, 5.74) is 0.507. The average Bonchev–Trinajstić information content (AvgIpc) is 2.50. The lowest BCUT2D eigenvalue weighted by Crippen LogP contribution is -2.18. The van der Waals surface area contributed by atoms with Crippen LogP contribution in [0.2, 0.25) is 0 Å². The van der Waals surface area contributed by atoms with Gasteiger partial charge >= 0.3 is 0 Å². The number of nitrogens with zero attached hydrogens (tertiary/aromatic N) is 2. The summed E-state index contributed by atoms with van der Waals surface area (Å²) < 4.78 is 4.73. The molecule has 1 aromatic rings. The Balaban J connectivity index is 2.66. The van der Waals surface area contributed by atoms with E-state index in [2.05, 4.69) is 10.5 Å². The minimum atomic E-state index is -0.672. The van der Waals surface area contributed by atoms with E-state index in [-0.39, 0.29) is 5.91 Å². The molecule has 0 aromatic carbocycles. The van der Waals surface area contributed by atoms with Crippen LogP contribution in [0.3, 0.4) is 0 Å². The third kappa shape index (κ3) is 2.06. The van der Waals surface area contributed by atoms with Crippen molar-refractivity contribution in [3.63, 3.8) is 0 Å². The van der Waals surface area contributed by atoms with Gasteiger partial charge in [0.1, 0.15) is 11.6 Å². The summed E-state index contributed by atoms with van der Waals surface area (Å²) in [5, 5.41) is 14.5. The van der Waals surface area contributed by atoms with Crippen LogP contribution < -0.4 is 5.32 Å². The zero-order valence-corrected chi connectivity index (χ0v) is 7.37. The number of rotatable bonds is 2. The van der Waals surface area contributed by atoms with Crippen LogP contribution >= 0.6 is 0 Å². The van der Waals surface area contributed by atoms with Gasteiger partial charge in [0.25, 0.3) is 0 Å². The molecule has 5 nitrogen and oxygen atoms in total. The standard InChI is InChI=1S/C8H9N3O2/c1-5(3-9)8(12)11-7-4-10-13-6(7)2/h4-5H,1-2H3,(H,11,12). The Morgan fingerprint density at radius 2 is 2.54 bits per heavy atom. The predicted molar refractivity (Wildman–Crippen MR) is 44.6 cm³/mol. The summed E-state index contributed by atoms with van der Waals surface area (Å²) in [7, 11) is 0. The maximum atomic E-state index is 11.2. The van der Waals surface area contributed by atoms with E-state index in [1.807, 2.05) is 6.07 Å². The highest BCUT2D eigenvalue weighted by atomic mass is 16.5. The number of nitrogens with one attached hydrogen (secondary N) is 1. The summed E-state index contributed by atoms with van der Waals surface area (Å²) >= 11 is 0. The molecule has 0 saturated heterocycles. The smallest absolute Gasteiger partial charge is 0.241 e. The van der Waals surface area contributed by atoms with E-state index in [1.165, 1.54) is 13.1 Å². The Morgan fingerprint density at radius 1 is 1.85 bits per heavy atom. The van der Waals surface area contributed by atoms with E-state index in [0.29, 0.717) is 11.4 Å². The molecular weight excluding hydrogens is 170 g/mol. The van der Waals surface area contributed by atoms with Crippen LogP contribution in [0, 0.1) is 24.2 Å². The zero-order chi connectivity index (χ0) is 9.84. The first-order chi connectivity index (χ1) is 6.15. The average molecular weight is 179 g/mol. The molecule has 1 rings (SSSR count). The molecule has 0 bridgehead atoms. The fourth-order valence-electron chi connectivity index (χ4n) is 0.718. The van der Waals surface area contributed by atoms with Crippen molar-refractivity contribution in [3.8, 4) is 6.07 Å². The van der Waals surface area contributed by atoms with Crippen molar-refractivity contribution in [2.45, 2.75) is 13.8 Å². The minimum Gasteiger partial charge on any atom is -0.359 e. The van der Waals surface area contributed by atoms with Gasteiger partial charge in [0.05, 0.1) is 12.3 Å². The Hall–Kier alpha value is -1.83. The number of aromatic nitrogens is 1. The second kappa shape index (κ2) is 3.72. The maximum absolute atomic E-state index is 11.2. The van der Waals surface area contributed by atoms with Crippen LogP contribution in [0.1, 0.15) is 12.7 Å². The lowest BCUT2D eigenvalue weighted by Gasteiger charge is -2.02. The molecule has 1 aromatic heterocycles. The molecule has 0 spiro atoms. The van der Waals surface area contributed by atoms with Crippen molar-refractivity contribution in [1.82, 2.24) is 5.16 Å². The lowest BCUT2D eigenvalue weighted by atomic mass is 10.2. The third-order valence-electron chi connectivity index (χ3n) is 1.60. The van der Waals surface area contributed by atoms with E-state index < -0.39 is 5.92 Å². The molecule has 0 aliphatic rings. The van der Waals surface area contributed by atoms with Gasteiger partial charge in [-0.05, 0) is 13.8 Å². The molecule has 1 heterocycles. The maximum Gasteiger partial charge on any atom is 0.241 e. The van der Waals surface area contributed by atoms with Crippen molar-refractivity contribution in [2.24, 2.45) is 5.92 Å². The first kappa shape index (κ1) is 9.26. The van der Waals surface area contributed by atoms with Crippen molar-refractivity contribution in [2.75, 3.05) is 5.32 Å². The summed E-state index contributed by atoms with van der Waals surface area (Å²) in [6.07, 6.45) is 1.40. The van der Waals surface area contributed by atoms with Crippen molar-refractivity contribution >= 4 is 11.6 Å². The van der Waals surface area contributed by atoms with E-state index >= 15 is 0 Å². The Kier molecular flexibility index (Phi) is 2.65. The largest absolute Gasteiger partial charge is 0.359 e. The number of carbonyl (C=O) groups is 1. The van der Waals surface area contributed by atoms with Gasteiger partial charge in [-0.2, -0.15) is 5.26 Å². The fourth-order valence-corrected chi connectivity index (χ4v) is 0.718. The number of nitriles is 1. The molecule has 0 aliphatic heterocycles. The van der Waals surface area contributed by atoms with Crippen LogP contribution in [0.25, 0.3) is 0 Å². The SMILES string of the molecule is Cc1oncc1NC(=O)C(C)C#N. The second-order valence-corrected chi connectivity index (χ2v) is 2.64. The number of carbonyl (C=O) groups excluding carboxylic acids is 1. The van der Waals surface area contributed by atoms with Gasteiger partial charge in [0, 0.05) is 0 Å². The van der Waals surface area contributed by atoms with Gasteiger partial charge in [-0.25, -0.2) is 0 Å². The summed E-state index contributed by atoms with van der Waals surface area (Å²) in [6.45, 7) is 3.21. The van der Waals surface area contributed by atoms with Gasteiger partial charge in [0.2, 0.25) is 5.91 Å². The molecule has 68 valence electrons. The van der Waals surface area contributed by atoms with Crippen LogP contribution in [0.15, 0.2) is 10.7 Å².